The van der Waals surface area contributed by atoms with E-state index in [4.69, 9.17) is 5.26 Å². The van der Waals surface area contributed by atoms with Gasteiger partial charge in [0, 0.05) is 6.54 Å². The lowest BCUT2D eigenvalue weighted by Gasteiger charge is -2.12. The van der Waals surface area contributed by atoms with Crippen molar-refractivity contribution < 1.29 is 8.42 Å². The van der Waals surface area contributed by atoms with Crippen LogP contribution in [-0.2, 0) is 15.8 Å². The van der Waals surface area contributed by atoms with Crippen molar-refractivity contribution in [2.24, 2.45) is 5.92 Å². The van der Waals surface area contributed by atoms with Gasteiger partial charge < -0.3 is 5.32 Å². The topological polar surface area (TPSA) is 82.0 Å². The zero-order valence-corrected chi connectivity index (χ0v) is 12.0. The summed E-state index contributed by atoms with van der Waals surface area (Å²) in [7, 11) is -1.49. The maximum absolute atomic E-state index is 11.9. The zero-order valence-electron chi connectivity index (χ0n) is 11.2. The van der Waals surface area contributed by atoms with E-state index in [0.717, 1.165) is 6.54 Å². The van der Waals surface area contributed by atoms with Crippen molar-refractivity contribution in [3.63, 3.8) is 0 Å². The number of hydrogen-bond donors (Lipinski definition) is 2. The maximum Gasteiger partial charge on any atom is 0.215 e. The van der Waals surface area contributed by atoms with Crippen LogP contribution in [0, 0.1) is 17.2 Å². The number of nitrogens with zero attached hydrogens (tertiary/aromatic N) is 1. The van der Waals surface area contributed by atoms with E-state index in [0.29, 0.717) is 17.7 Å². The van der Waals surface area contributed by atoms with Gasteiger partial charge in [-0.15, -0.1) is 0 Å². The maximum atomic E-state index is 11.9. The van der Waals surface area contributed by atoms with Crippen molar-refractivity contribution in [1.82, 2.24) is 10.0 Å². The Bertz CT molecular complexity index is 532. The molecule has 0 fully saturated rings. The molecule has 104 valence electrons. The Labute approximate surface area is 114 Å². The molecular formula is C13H19N3O2S. The third-order valence-electron chi connectivity index (χ3n) is 2.64. The average molecular weight is 281 g/mol. The molecule has 1 rings (SSSR count). The van der Waals surface area contributed by atoms with E-state index in [-0.39, 0.29) is 11.7 Å². The number of rotatable bonds is 7. The van der Waals surface area contributed by atoms with E-state index in [1.165, 1.54) is 0 Å². The van der Waals surface area contributed by atoms with Crippen LogP contribution in [-0.4, -0.2) is 28.6 Å². The first-order chi connectivity index (χ1) is 8.96. The predicted octanol–water partition coefficient (Wildman–Crippen LogP) is 0.833. The van der Waals surface area contributed by atoms with Crippen LogP contribution in [0.1, 0.15) is 18.1 Å². The van der Waals surface area contributed by atoms with Crippen molar-refractivity contribution >= 4 is 10.0 Å². The van der Waals surface area contributed by atoms with Crippen LogP contribution in [0.4, 0.5) is 0 Å². The molecule has 1 atom stereocenters. The Kier molecular flexibility index (Phi) is 5.96. The molecule has 1 unspecified atom stereocenters. The molecule has 0 aliphatic heterocycles. The largest absolute Gasteiger partial charge is 0.319 e. The Morgan fingerprint density at radius 3 is 2.42 bits per heavy atom. The summed E-state index contributed by atoms with van der Waals surface area (Å²) >= 11 is 0. The third kappa shape index (κ3) is 5.83. The Morgan fingerprint density at radius 1 is 1.26 bits per heavy atom. The molecule has 0 bridgehead atoms. The first kappa shape index (κ1) is 15.6. The van der Waals surface area contributed by atoms with Crippen LogP contribution in [0.2, 0.25) is 0 Å². The standard InChI is InChI=1S/C13H19N3O2S/c1-11(8-15-2)9-16-19(17,18)10-13-5-3-12(7-14)4-6-13/h3-6,11,15-16H,8-10H2,1-2H3. The van der Waals surface area contributed by atoms with Gasteiger partial charge in [0.15, 0.2) is 0 Å². The highest BCUT2D eigenvalue weighted by atomic mass is 32.2. The van der Waals surface area contributed by atoms with Gasteiger partial charge in [0.05, 0.1) is 17.4 Å². The van der Waals surface area contributed by atoms with E-state index in [9.17, 15) is 8.42 Å². The van der Waals surface area contributed by atoms with Gasteiger partial charge in [-0.3, -0.25) is 0 Å². The first-order valence-electron chi connectivity index (χ1n) is 6.08. The Balaban J connectivity index is 2.56. The van der Waals surface area contributed by atoms with Crippen LogP contribution < -0.4 is 10.0 Å². The molecule has 5 nitrogen and oxygen atoms in total. The lowest BCUT2D eigenvalue weighted by atomic mass is 10.2. The summed E-state index contributed by atoms with van der Waals surface area (Å²) in [6.45, 7) is 3.15. The van der Waals surface area contributed by atoms with Crippen LogP contribution in [0.15, 0.2) is 24.3 Å². The summed E-state index contributed by atoms with van der Waals surface area (Å²) in [5.41, 5.74) is 1.20. The second-order valence-corrected chi connectivity index (χ2v) is 6.39. The SMILES string of the molecule is CNCC(C)CNS(=O)(=O)Cc1ccc(C#N)cc1. The van der Waals surface area contributed by atoms with E-state index >= 15 is 0 Å². The van der Waals surface area contributed by atoms with Crippen molar-refractivity contribution in [1.29, 1.82) is 5.26 Å². The molecule has 0 heterocycles. The fraction of sp³-hybridized carbons (Fsp3) is 0.462. The van der Waals surface area contributed by atoms with Gasteiger partial charge in [-0.1, -0.05) is 19.1 Å². The van der Waals surface area contributed by atoms with Gasteiger partial charge in [-0.2, -0.15) is 5.26 Å². The van der Waals surface area contributed by atoms with Crippen molar-refractivity contribution in [2.45, 2.75) is 12.7 Å². The monoisotopic (exact) mass is 281 g/mol. The summed E-state index contributed by atoms with van der Waals surface area (Å²) < 4.78 is 26.3. The summed E-state index contributed by atoms with van der Waals surface area (Å²) in [5.74, 6) is 0.172. The van der Waals surface area contributed by atoms with Gasteiger partial charge in [-0.25, -0.2) is 13.1 Å². The van der Waals surface area contributed by atoms with Crippen LogP contribution in [0.25, 0.3) is 0 Å². The van der Waals surface area contributed by atoms with E-state index in [1.807, 2.05) is 20.0 Å². The summed E-state index contributed by atoms with van der Waals surface area (Å²) in [6.07, 6.45) is 0. The molecule has 0 radical (unpaired) electrons. The smallest absolute Gasteiger partial charge is 0.215 e. The minimum Gasteiger partial charge on any atom is -0.319 e. The molecule has 1 aromatic carbocycles. The van der Waals surface area contributed by atoms with Gasteiger partial charge >= 0.3 is 0 Å². The van der Waals surface area contributed by atoms with Crippen LogP contribution >= 0.6 is 0 Å². The third-order valence-corrected chi connectivity index (χ3v) is 3.96. The van der Waals surface area contributed by atoms with Crippen LogP contribution in [0.5, 0.6) is 0 Å². The minimum atomic E-state index is -3.33. The summed E-state index contributed by atoms with van der Waals surface area (Å²) in [4.78, 5) is 0. The van der Waals surface area contributed by atoms with Gasteiger partial charge in [0.25, 0.3) is 0 Å². The van der Waals surface area contributed by atoms with E-state index < -0.39 is 10.0 Å². The first-order valence-corrected chi connectivity index (χ1v) is 7.73. The molecule has 2 N–H and O–H groups in total. The van der Waals surface area contributed by atoms with Crippen molar-refractivity contribution in [3.8, 4) is 6.07 Å². The number of nitriles is 1. The molecule has 0 saturated carbocycles. The molecule has 0 aromatic heterocycles. The van der Waals surface area contributed by atoms with Gasteiger partial charge in [0.2, 0.25) is 10.0 Å². The molecule has 0 saturated heterocycles. The van der Waals surface area contributed by atoms with E-state index in [1.54, 1.807) is 24.3 Å². The molecule has 0 aliphatic rings. The quantitative estimate of drug-likeness (QED) is 0.775. The van der Waals surface area contributed by atoms with Crippen molar-refractivity contribution in [3.05, 3.63) is 35.4 Å². The molecule has 0 spiro atoms. The molecule has 0 amide bonds. The predicted molar refractivity (Wildman–Crippen MR) is 74.9 cm³/mol. The second kappa shape index (κ2) is 7.24. The van der Waals surface area contributed by atoms with E-state index in [2.05, 4.69) is 10.0 Å². The fourth-order valence-electron chi connectivity index (χ4n) is 1.64. The molecule has 0 aliphatic carbocycles. The van der Waals surface area contributed by atoms with Gasteiger partial charge in [0.1, 0.15) is 0 Å². The molecule has 1 aromatic rings. The number of sulfonamides is 1. The minimum absolute atomic E-state index is 0.0645. The Morgan fingerprint density at radius 2 is 1.89 bits per heavy atom. The number of benzene rings is 1. The molecule has 19 heavy (non-hydrogen) atoms. The van der Waals surface area contributed by atoms with Gasteiger partial charge in [-0.05, 0) is 37.2 Å². The van der Waals surface area contributed by atoms with Crippen molar-refractivity contribution in [2.75, 3.05) is 20.1 Å². The Hall–Kier alpha value is -1.42. The second-order valence-electron chi connectivity index (χ2n) is 4.58. The highest BCUT2D eigenvalue weighted by Gasteiger charge is 2.12. The van der Waals surface area contributed by atoms with Crippen LogP contribution in [0.3, 0.4) is 0 Å². The zero-order chi connectivity index (χ0) is 14.3. The lowest BCUT2D eigenvalue weighted by molar-refractivity contribution is 0.518. The normalized spacial score (nSPS) is 12.9. The summed E-state index contributed by atoms with van der Waals surface area (Å²) in [6, 6.07) is 8.56. The highest BCUT2D eigenvalue weighted by Crippen LogP contribution is 2.07. The molecular weight excluding hydrogens is 262 g/mol. The number of nitrogens with one attached hydrogen (secondary N) is 2. The summed E-state index contributed by atoms with van der Waals surface area (Å²) in [5, 5.41) is 11.7. The average Bonchev–Trinajstić information content (AvgIpc) is 2.37. The highest BCUT2D eigenvalue weighted by molar-refractivity contribution is 7.88. The molecule has 6 heteroatoms. The number of hydrogen-bond acceptors (Lipinski definition) is 4. The lowest BCUT2D eigenvalue weighted by Crippen LogP contribution is -2.33. The fourth-order valence-corrected chi connectivity index (χ4v) is 2.91.